The van der Waals surface area contributed by atoms with E-state index in [-0.39, 0.29) is 23.2 Å². The molecule has 1 N–H and O–H groups in total. The smallest absolute Gasteiger partial charge is 0.265 e. The number of rotatable bonds is 2. The van der Waals surface area contributed by atoms with Crippen LogP contribution >= 0.6 is 22.9 Å². The van der Waals surface area contributed by atoms with Crippen molar-refractivity contribution in [2.45, 2.75) is 31.7 Å². The first-order valence-corrected chi connectivity index (χ1v) is 11.1. The molecular weight excluding hydrogens is 423 g/mol. The van der Waals surface area contributed by atoms with Gasteiger partial charge in [-0.1, -0.05) is 35.9 Å². The first kappa shape index (κ1) is 19.5. The first-order chi connectivity index (χ1) is 14.4. The molecule has 2 saturated heterocycles. The Kier molecular flexibility index (Phi) is 4.60. The van der Waals surface area contributed by atoms with Crippen LogP contribution in [0.5, 0.6) is 0 Å². The summed E-state index contributed by atoms with van der Waals surface area (Å²) in [5.41, 5.74) is 1.90. The highest BCUT2D eigenvalue weighted by molar-refractivity contribution is 7.21. The highest BCUT2D eigenvalue weighted by Crippen LogP contribution is 2.40. The van der Waals surface area contributed by atoms with E-state index >= 15 is 0 Å². The van der Waals surface area contributed by atoms with Gasteiger partial charge in [0.1, 0.15) is 10.7 Å². The van der Waals surface area contributed by atoms with Gasteiger partial charge in [-0.05, 0) is 43.0 Å². The highest BCUT2D eigenvalue weighted by Gasteiger charge is 2.45. The van der Waals surface area contributed by atoms with E-state index in [2.05, 4.69) is 5.32 Å². The Labute approximate surface area is 182 Å². The summed E-state index contributed by atoms with van der Waals surface area (Å²) in [6, 6.07) is 10.6. The molecule has 2 aliphatic rings. The minimum atomic E-state index is -0.286. The fraction of sp³-hybridized carbons (Fsp3) is 0.304. The number of fused-ring (bicyclic) bond motifs is 1. The van der Waals surface area contributed by atoms with Crippen molar-refractivity contribution in [3.63, 3.8) is 0 Å². The van der Waals surface area contributed by atoms with Gasteiger partial charge in [0.2, 0.25) is 5.91 Å². The van der Waals surface area contributed by atoms with E-state index < -0.39 is 0 Å². The number of amides is 2. The molecule has 1 aromatic heterocycles. The zero-order valence-corrected chi connectivity index (χ0v) is 18.0. The van der Waals surface area contributed by atoms with Gasteiger partial charge in [-0.3, -0.25) is 9.59 Å². The number of aryl methyl sites for hydroxylation is 1. The lowest BCUT2D eigenvalue weighted by molar-refractivity contribution is -0.119. The molecular formula is C23H20ClFN2O2S. The van der Waals surface area contributed by atoms with Crippen LogP contribution in [0.4, 0.5) is 4.39 Å². The topological polar surface area (TPSA) is 49.4 Å². The molecule has 5 rings (SSSR count). The largest absolute Gasteiger partial charge is 0.349 e. The van der Waals surface area contributed by atoms with E-state index in [1.807, 2.05) is 31.2 Å². The van der Waals surface area contributed by atoms with Crippen LogP contribution in [0.15, 0.2) is 36.4 Å². The van der Waals surface area contributed by atoms with Crippen molar-refractivity contribution in [1.29, 1.82) is 0 Å². The Hall–Kier alpha value is -2.44. The lowest BCUT2D eigenvalue weighted by atomic mass is 9.97. The van der Waals surface area contributed by atoms with E-state index in [0.29, 0.717) is 35.0 Å². The van der Waals surface area contributed by atoms with E-state index in [9.17, 15) is 14.0 Å². The van der Waals surface area contributed by atoms with Crippen molar-refractivity contribution in [2.75, 3.05) is 13.1 Å². The average Bonchev–Trinajstić information content (AvgIpc) is 3.39. The van der Waals surface area contributed by atoms with Crippen LogP contribution in [0.2, 0.25) is 5.02 Å². The molecule has 1 spiro atoms. The van der Waals surface area contributed by atoms with Crippen LogP contribution in [-0.4, -0.2) is 35.3 Å². The average molecular weight is 443 g/mol. The quantitative estimate of drug-likeness (QED) is 0.595. The van der Waals surface area contributed by atoms with Gasteiger partial charge in [-0.15, -0.1) is 11.3 Å². The lowest BCUT2D eigenvalue weighted by Crippen LogP contribution is -2.44. The van der Waals surface area contributed by atoms with Gasteiger partial charge in [0.05, 0.1) is 10.6 Å². The standard InChI is InChI=1S/C23H20ClFN2O2S/c1-13-3-2-4-16(25)19(13)14-5-6-15-17(11-14)30-21(20(15)24)22(29)27-10-9-23(12-27)8-7-18(28)26-23/h2-6,11H,7-10,12H2,1H3,(H,26,28). The number of carbonyl (C=O) groups excluding carboxylic acids is 2. The maximum Gasteiger partial charge on any atom is 0.265 e. The molecule has 3 aromatic rings. The van der Waals surface area contributed by atoms with Gasteiger partial charge in [0.15, 0.2) is 0 Å². The Morgan fingerprint density at radius 2 is 2.10 bits per heavy atom. The third-order valence-corrected chi connectivity index (χ3v) is 7.86. The predicted octanol–water partition coefficient (Wildman–Crippen LogP) is 5.16. The van der Waals surface area contributed by atoms with Crippen LogP contribution in [0.1, 0.15) is 34.5 Å². The molecule has 1 atom stereocenters. The molecule has 0 aliphatic carbocycles. The summed E-state index contributed by atoms with van der Waals surface area (Å²) in [6.45, 7) is 3.00. The van der Waals surface area contributed by atoms with Gasteiger partial charge >= 0.3 is 0 Å². The van der Waals surface area contributed by atoms with Crippen molar-refractivity contribution >= 4 is 44.8 Å². The summed E-state index contributed by atoms with van der Waals surface area (Å²) in [6.07, 6.45) is 2.05. The van der Waals surface area contributed by atoms with Crippen LogP contribution in [0, 0.1) is 12.7 Å². The maximum absolute atomic E-state index is 14.4. The number of hydrogen-bond acceptors (Lipinski definition) is 3. The number of nitrogens with one attached hydrogen (secondary N) is 1. The number of thiophene rings is 1. The monoisotopic (exact) mass is 442 g/mol. The summed E-state index contributed by atoms with van der Waals surface area (Å²) >= 11 is 7.92. The molecule has 2 aliphatic heterocycles. The summed E-state index contributed by atoms with van der Waals surface area (Å²) in [7, 11) is 0. The molecule has 2 fully saturated rings. The zero-order chi connectivity index (χ0) is 21.0. The number of likely N-dealkylation sites (tertiary alicyclic amines) is 1. The number of halogens is 2. The van der Waals surface area contributed by atoms with Crippen molar-refractivity contribution in [1.82, 2.24) is 10.2 Å². The summed E-state index contributed by atoms with van der Waals surface area (Å²) in [5.74, 6) is -0.322. The molecule has 2 aromatic carbocycles. The second kappa shape index (κ2) is 7.06. The molecule has 0 radical (unpaired) electrons. The number of carbonyl (C=O) groups is 2. The summed E-state index contributed by atoms with van der Waals surface area (Å²) in [5, 5.41) is 4.28. The second-order valence-electron chi connectivity index (χ2n) is 8.19. The molecule has 2 amide bonds. The number of hydrogen-bond donors (Lipinski definition) is 1. The van der Waals surface area contributed by atoms with E-state index in [4.69, 9.17) is 11.6 Å². The molecule has 30 heavy (non-hydrogen) atoms. The van der Waals surface area contributed by atoms with Crippen LogP contribution in [0.3, 0.4) is 0 Å². The van der Waals surface area contributed by atoms with E-state index in [1.54, 1.807) is 11.0 Å². The van der Waals surface area contributed by atoms with Gasteiger partial charge in [-0.25, -0.2) is 4.39 Å². The Balaban J connectivity index is 1.48. The minimum absolute atomic E-state index is 0.0557. The fourth-order valence-electron chi connectivity index (χ4n) is 4.62. The molecule has 154 valence electrons. The summed E-state index contributed by atoms with van der Waals surface area (Å²) in [4.78, 5) is 27.1. The molecule has 4 nitrogen and oxygen atoms in total. The first-order valence-electron chi connectivity index (χ1n) is 9.95. The van der Waals surface area contributed by atoms with E-state index in [0.717, 1.165) is 34.1 Å². The molecule has 3 heterocycles. The fourth-order valence-corrected chi connectivity index (χ4v) is 6.14. The van der Waals surface area contributed by atoms with Gasteiger partial charge in [0, 0.05) is 35.2 Å². The number of nitrogens with zero attached hydrogens (tertiary/aromatic N) is 1. The van der Waals surface area contributed by atoms with Crippen molar-refractivity contribution in [3.8, 4) is 11.1 Å². The SMILES string of the molecule is Cc1cccc(F)c1-c1ccc2c(Cl)c(C(=O)N3CCC4(CCC(=O)N4)C3)sc2c1. The van der Waals surface area contributed by atoms with Crippen molar-refractivity contribution < 1.29 is 14.0 Å². The van der Waals surface area contributed by atoms with Gasteiger partial charge in [-0.2, -0.15) is 0 Å². The Bertz CT molecular complexity index is 1190. The van der Waals surface area contributed by atoms with Crippen LogP contribution in [0.25, 0.3) is 21.2 Å². The normalized spacial score (nSPS) is 21.0. The lowest BCUT2D eigenvalue weighted by Gasteiger charge is -2.23. The van der Waals surface area contributed by atoms with Crippen LogP contribution in [-0.2, 0) is 4.79 Å². The number of benzene rings is 2. The third-order valence-electron chi connectivity index (χ3n) is 6.21. The predicted molar refractivity (Wildman–Crippen MR) is 118 cm³/mol. The molecule has 7 heteroatoms. The second-order valence-corrected chi connectivity index (χ2v) is 9.62. The van der Waals surface area contributed by atoms with Gasteiger partial charge in [0.25, 0.3) is 5.91 Å². The Morgan fingerprint density at radius 1 is 1.27 bits per heavy atom. The third kappa shape index (κ3) is 3.10. The van der Waals surface area contributed by atoms with E-state index in [1.165, 1.54) is 17.4 Å². The van der Waals surface area contributed by atoms with Crippen LogP contribution < -0.4 is 5.32 Å². The molecule has 1 unspecified atom stereocenters. The molecule has 0 saturated carbocycles. The summed E-state index contributed by atoms with van der Waals surface area (Å²) < 4.78 is 15.3. The molecule has 0 bridgehead atoms. The highest BCUT2D eigenvalue weighted by atomic mass is 35.5. The zero-order valence-electron chi connectivity index (χ0n) is 16.4. The van der Waals surface area contributed by atoms with Gasteiger partial charge < -0.3 is 10.2 Å². The Morgan fingerprint density at radius 3 is 2.83 bits per heavy atom. The maximum atomic E-state index is 14.4. The van der Waals surface area contributed by atoms with Crippen molar-refractivity contribution in [2.24, 2.45) is 0 Å². The minimum Gasteiger partial charge on any atom is -0.349 e. The van der Waals surface area contributed by atoms with Crippen molar-refractivity contribution in [3.05, 3.63) is 57.7 Å².